The number of rotatable bonds is 3. The summed E-state index contributed by atoms with van der Waals surface area (Å²) in [5, 5.41) is 1.11. The average Bonchev–Trinajstić information content (AvgIpc) is 3.03. The number of hydrogen-bond donors (Lipinski definition) is 0. The van der Waals surface area contributed by atoms with Crippen LogP contribution in [-0.2, 0) is 20.0 Å². The maximum Gasteiger partial charge on any atom is 0.256 e. The van der Waals surface area contributed by atoms with Crippen LogP contribution >= 0.6 is 0 Å². The van der Waals surface area contributed by atoms with Crippen LogP contribution in [0, 0.1) is 0 Å². The summed E-state index contributed by atoms with van der Waals surface area (Å²) in [5.41, 5.74) is 4.68. The number of benzene rings is 2. The third kappa shape index (κ3) is 2.92. The van der Waals surface area contributed by atoms with Crippen molar-refractivity contribution in [3.63, 3.8) is 0 Å². The van der Waals surface area contributed by atoms with Gasteiger partial charge in [-0.05, 0) is 24.5 Å². The van der Waals surface area contributed by atoms with Crippen molar-refractivity contribution < 1.29 is 4.79 Å². The van der Waals surface area contributed by atoms with Gasteiger partial charge in [-0.15, -0.1) is 0 Å². The Morgan fingerprint density at radius 1 is 0.929 bits per heavy atom. The molecule has 3 heterocycles. The van der Waals surface area contributed by atoms with E-state index in [1.54, 1.807) is 0 Å². The quantitative estimate of drug-likeness (QED) is 0.698. The number of hydrogen-bond acceptors (Lipinski definition) is 2. The summed E-state index contributed by atoms with van der Waals surface area (Å²) in [4.78, 5) is 18.1. The molecule has 0 atom stereocenters. The number of carbonyl (C=O) groups is 1. The van der Waals surface area contributed by atoms with E-state index >= 15 is 0 Å². The van der Waals surface area contributed by atoms with Crippen molar-refractivity contribution in [3.8, 4) is 0 Å². The molecule has 28 heavy (non-hydrogen) atoms. The van der Waals surface area contributed by atoms with Gasteiger partial charge in [0.15, 0.2) is 0 Å². The van der Waals surface area contributed by atoms with Gasteiger partial charge in [-0.3, -0.25) is 9.69 Å². The molecule has 1 aromatic heterocycles. The first-order valence-corrected chi connectivity index (χ1v) is 10.4. The Morgan fingerprint density at radius 3 is 2.43 bits per heavy atom. The monoisotopic (exact) mass is 373 g/mol. The van der Waals surface area contributed by atoms with E-state index in [2.05, 4.69) is 69.9 Å². The van der Waals surface area contributed by atoms with Crippen LogP contribution in [0.25, 0.3) is 10.9 Å². The highest BCUT2D eigenvalue weighted by atomic mass is 16.2. The van der Waals surface area contributed by atoms with Crippen molar-refractivity contribution in [1.82, 2.24) is 14.4 Å². The Morgan fingerprint density at radius 2 is 1.64 bits per heavy atom. The van der Waals surface area contributed by atoms with Crippen LogP contribution in [0.3, 0.4) is 0 Å². The molecule has 5 rings (SSSR count). The average molecular weight is 374 g/mol. The van der Waals surface area contributed by atoms with E-state index in [0.717, 1.165) is 56.4 Å². The fourth-order valence-electron chi connectivity index (χ4n) is 5.03. The summed E-state index contributed by atoms with van der Waals surface area (Å²) in [6.07, 6.45) is 3.09. The molecule has 4 nitrogen and oxygen atoms in total. The number of amides is 1. The lowest BCUT2D eigenvalue weighted by Gasteiger charge is -2.40. The third-order valence-electron chi connectivity index (χ3n) is 6.54. The van der Waals surface area contributed by atoms with E-state index in [4.69, 9.17) is 0 Å². The van der Waals surface area contributed by atoms with Crippen molar-refractivity contribution in [3.05, 3.63) is 71.4 Å². The molecule has 0 saturated carbocycles. The Balaban J connectivity index is 1.31. The van der Waals surface area contributed by atoms with Crippen molar-refractivity contribution in [2.75, 3.05) is 19.6 Å². The minimum atomic E-state index is 0.236. The highest BCUT2D eigenvalue weighted by molar-refractivity contribution is 6.09. The molecule has 0 aliphatic carbocycles. The maximum atomic E-state index is 13.4. The first-order valence-electron chi connectivity index (χ1n) is 10.4. The summed E-state index contributed by atoms with van der Waals surface area (Å²) < 4.78 is 2.21. The topological polar surface area (TPSA) is 28.5 Å². The van der Waals surface area contributed by atoms with Crippen molar-refractivity contribution in [2.24, 2.45) is 7.05 Å². The van der Waals surface area contributed by atoms with E-state index < -0.39 is 0 Å². The van der Waals surface area contributed by atoms with E-state index in [1.807, 2.05) is 6.07 Å². The number of nitrogens with zero attached hydrogens (tertiary/aromatic N) is 3. The molecule has 0 bridgehead atoms. The fourth-order valence-corrected chi connectivity index (χ4v) is 5.03. The molecule has 4 heteroatoms. The summed E-state index contributed by atoms with van der Waals surface area (Å²) in [7, 11) is 2.09. The van der Waals surface area contributed by atoms with Crippen molar-refractivity contribution >= 4 is 16.8 Å². The molecule has 0 N–H and O–H groups in total. The number of aryl methyl sites for hydroxylation is 1. The molecule has 0 radical (unpaired) electrons. The summed E-state index contributed by atoms with van der Waals surface area (Å²) in [5.74, 6) is 0.236. The number of aromatic nitrogens is 1. The zero-order valence-corrected chi connectivity index (χ0v) is 16.5. The molecule has 1 fully saturated rings. The van der Waals surface area contributed by atoms with Crippen molar-refractivity contribution in [1.29, 1.82) is 0 Å². The molecule has 0 unspecified atom stereocenters. The van der Waals surface area contributed by atoms with E-state index in [1.165, 1.54) is 16.8 Å². The molecular formula is C24H27N3O. The second-order valence-electron chi connectivity index (χ2n) is 8.14. The summed E-state index contributed by atoms with van der Waals surface area (Å²) >= 11 is 0. The van der Waals surface area contributed by atoms with Gasteiger partial charge >= 0.3 is 0 Å². The molecular weight excluding hydrogens is 346 g/mol. The largest absolute Gasteiger partial charge is 0.347 e. The van der Waals surface area contributed by atoms with Crippen LogP contribution in [0.4, 0.5) is 0 Å². The van der Waals surface area contributed by atoms with Gasteiger partial charge in [-0.25, -0.2) is 0 Å². The molecule has 1 saturated heterocycles. The van der Waals surface area contributed by atoms with Crippen LogP contribution in [0.2, 0.25) is 0 Å². The van der Waals surface area contributed by atoms with Gasteiger partial charge in [0.25, 0.3) is 5.91 Å². The third-order valence-corrected chi connectivity index (χ3v) is 6.54. The summed E-state index contributed by atoms with van der Waals surface area (Å²) in [6, 6.07) is 19.4. The lowest BCUT2D eigenvalue weighted by molar-refractivity contribution is 0.0546. The molecule has 1 amide bonds. The Bertz CT molecular complexity index is 999. The minimum absolute atomic E-state index is 0.236. The zero-order valence-electron chi connectivity index (χ0n) is 16.5. The predicted molar refractivity (Wildman–Crippen MR) is 112 cm³/mol. The second kappa shape index (κ2) is 7.10. The van der Waals surface area contributed by atoms with E-state index in [9.17, 15) is 4.79 Å². The van der Waals surface area contributed by atoms with Gasteiger partial charge in [0, 0.05) is 62.3 Å². The normalized spacial score (nSPS) is 18.6. The smallest absolute Gasteiger partial charge is 0.256 e. The van der Waals surface area contributed by atoms with Crippen LogP contribution in [0.5, 0.6) is 0 Å². The number of fused-ring (bicyclic) bond motifs is 3. The molecule has 0 spiro atoms. The van der Waals surface area contributed by atoms with Crippen LogP contribution in [-0.4, -0.2) is 46.0 Å². The van der Waals surface area contributed by atoms with Crippen molar-refractivity contribution in [2.45, 2.75) is 31.8 Å². The zero-order chi connectivity index (χ0) is 19.1. The van der Waals surface area contributed by atoms with Gasteiger partial charge in [-0.1, -0.05) is 48.5 Å². The Hall–Kier alpha value is -2.59. The molecule has 2 aromatic carbocycles. The van der Waals surface area contributed by atoms with E-state index in [0.29, 0.717) is 6.04 Å². The highest BCUT2D eigenvalue weighted by Crippen LogP contribution is 2.32. The Kier molecular flexibility index (Phi) is 4.44. The Labute approximate surface area is 166 Å². The van der Waals surface area contributed by atoms with Crippen LogP contribution in [0.15, 0.2) is 54.6 Å². The fraction of sp³-hybridized carbons (Fsp3) is 0.375. The minimum Gasteiger partial charge on any atom is -0.347 e. The SMILES string of the molecule is Cn1c2c(c3ccccc31)C(=O)N(C1CCN(Cc3ccccc3)CC1)CC2. The molecule has 3 aromatic rings. The molecule has 144 valence electrons. The lowest BCUT2D eigenvalue weighted by atomic mass is 9.97. The first kappa shape index (κ1) is 17.5. The number of para-hydroxylation sites is 1. The van der Waals surface area contributed by atoms with E-state index in [-0.39, 0.29) is 5.91 Å². The maximum absolute atomic E-state index is 13.4. The summed E-state index contributed by atoms with van der Waals surface area (Å²) in [6.45, 7) is 3.98. The number of piperidine rings is 1. The van der Waals surface area contributed by atoms with Crippen LogP contribution < -0.4 is 0 Å². The standard InChI is InChI=1S/C24H27N3O/c1-25-21-10-6-5-9-20(21)23-22(25)13-16-27(24(23)28)19-11-14-26(15-12-19)17-18-7-3-2-4-8-18/h2-10,19H,11-17H2,1H3. The first-order chi connectivity index (χ1) is 13.7. The molecule has 2 aliphatic rings. The predicted octanol–water partition coefficient (Wildman–Crippen LogP) is 3.84. The lowest BCUT2D eigenvalue weighted by Crippen LogP contribution is -2.49. The van der Waals surface area contributed by atoms with Gasteiger partial charge in [0.05, 0.1) is 5.56 Å². The van der Waals surface area contributed by atoms with Gasteiger partial charge in [0.1, 0.15) is 0 Å². The van der Waals surface area contributed by atoms with Gasteiger partial charge in [0.2, 0.25) is 0 Å². The second-order valence-corrected chi connectivity index (χ2v) is 8.14. The number of carbonyl (C=O) groups excluding carboxylic acids is 1. The van der Waals surface area contributed by atoms with Crippen LogP contribution in [0.1, 0.15) is 34.5 Å². The van der Waals surface area contributed by atoms with Gasteiger partial charge < -0.3 is 9.47 Å². The van der Waals surface area contributed by atoms with Gasteiger partial charge in [-0.2, -0.15) is 0 Å². The number of likely N-dealkylation sites (tertiary alicyclic amines) is 1. The highest BCUT2D eigenvalue weighted by Gasteiger charge is 2.35. The molecule has 2 aliphatic heterocycles.